The molecule has 1 fully saturated rings. The first-order chi connectivity index (χ1) is 18.4. The monoisotopic (exact) mass is 520 g/mol. The number of halogens is 1. The predicted octanol–water partition coefficient (Wildman–Crippen LogP) is 5.99. The fraction of sp³-hybridized carbons (Fsp3) is 0.333. The van der Waals surface area contributed by atoms with Crippen LogP contribution in [-0.2, 0) is 22.6 Å². The molecule has 0 bridgehead atoms. The molecule has 1 aliphatic rings. The van der Waals surface area contributed by atoms with Crippen molar-refractivity contribution >= 4 is 12.2 Å². The molecule has 0 radical (unpaired) electrons. The zero-order chi connectivity index (χ0) is 27.1. The highest BCUT2D eigenvalue weighted by molar-refractivity contribution is 5.69. The third-order valence-electron chi connectivity index (χ3n) is 7.15. The maximum absolute atomic E-state index is 13.8. The van der Waals surface area contributed by atoms with E-state index < -0.39 is 12.2 Å². The Morgan fingerprint density at radius 3 is 2.13 bits per heavy atom. The van der Waals surface area contributed by atoms with E-state index in [9.17, 15) is 14.0 Å². The summed E-state index contributed by atoms with van der Waals surface area (Å²) >= 11 is 0. The van der Waals surface area contributed by atoms with Gasteiger partial charge in [0.05, 0.1) is 14.2 Å². The van der Waals surface area contributed by atoms with Crippen molar-refractivity contribution in [2.24, 2.45) is 0 Å². The van der Waals surface area contributed by atoms with Gasteiger partial charge in [-0.15, -0.1) is 0 Å². The molecule has 200 valence electrons. The van der Waals surface area contributed by atoms with Crippen LogP contribution in [0.15, 0.2) is 78.9 Å². The van der Waals surface area contributed by atoms with Crippen LogP contribution in [0.3, 0.4) is 0 Å². The Morgan fingerprint density at radius 2 is 1.50 bits per heavy atom. The SMILES string of the molecule is COC(=O)N(C)C1CCC(N(Cc2ccc(OC)cc2)C(=O)OCc2ccccc2)C1c1ccc(F)cc1. The van der Waals surface area contributed by atoms with Crippen LogP contribution in [0.5, 0.6) is 5.75 Å². The lowest BCUT2D eigenvalue weighted by molar-refractivity contribution is 0.0703. The Kier molecular flexibility index (Phi) is 8.84. The zero-order valence-corrected chi connectivity index (χ0v) is 21.9. The van der Waals surface area contributed by atoms with Crippen molar-refractivity contribution in [1.82, 2.24) is 9.80 Å². The molecule has 0 heterocycles. The van der Waals surface area contributed by atoms with Gasteiger partial charge in [-0.25, -0.2) is 14.0 Å². The van der Waals surface area contributed by atoms with Gasteiger partial charge < -0.3 is 24.0 Å². The lowest BCUT2D eigenvalue weighted by atomic mass is 9.89. The molecule has 0 aromatic heterocycles. The summed E-state index contributed by atoms with van der Waals surface area (Å²) in [6.07, 6.45) is 0.355. The van der Waals surface area contributed by atoms with E-state index in [0.29, 0.717) is 19.4 Å². The number of hydrogen-bond donors (Lipinski definition) is 0. The number of benzene rings is 3. The topological polar surface area (TPSA) is 68.3 Å². The summed E-state index contributed by atoms with van der Waals surface area (Å²) in [5.74, 6) is 0.0949. The molecular weight excluding hydrogens is 487 g/mol. The molecule has 3 aromatic rings. The summed E-state index contributed by atoms with van der Waals surface area (Å²) in [6, 6.07) is 22.7. The first-order valence-corrected chi connectivity index (χ1v) is 12.6. The van der Waals surface area contributed by atoms with Crippen molar-refractivity contribution < 1.29 is 28.2 Å². The Hall–Kier alpha value is -4.07. The van der Waals surface area contributed by atoms with Gasteiger partial charge in [0.1, 0.15) is 18.2 Å². The summed E-state index contributed by atoms with van der Waals surface area (Å²) in [5, 5.41) is 0. The minimum atomic E-state index is -0.462. The fourth-order valence-corrected chi connectivity index (χ4v) is 5.20. The van der Waals surface area contributed by atoms with Crippen molar-refractivity contribution in [1.29, 1.82) is 0 Å². The third kappa shape index (κ3) is 6.25. The van der Waals surface area contributed by atoms with Crippen LogP contribution in [-0.4, -0.2) is 55.3 Å². The van der Waals surface area contributed by atoms with Gasteiger partial charge >= 0.3 is 12.2 Å². The average Bonchev–Trinajstić information content (AvgIpc) is 3.39. The number of nitrogens with zero attached hydrogens (tertiary/aromatic N) is 2. The third-order valence-corrected chi connectivity index (χ3v) is 7.15. The number of rotatable bonds is 8. The summed E-state index contributed by atoms with van der Waals surface area (Å²) in [4.78, 5) is 29.4. The Morgan fingerprint density at radius 1 is 0.842 bits per heavy atom. The van der Waals surface area contributed by atoms with Crippen LogP contribution in [0.25, 0.3) is 0 Å². The average molecular weight is 521 g/mol. The summed E-state index contributed by atoms with van der Waals surface area (Å²) in [5.41, 5.74) is 2.63. The smallest absolute Gasteiger partial charge is 0.410 e. The Bertz CT molecular complexity index is 1200. The molecule has 1 aliphatic carbocycles. The molecule has 38 heavy (non-hydrogen) atoms. The molecule has 1 saturated carbocycles. The molecule has 0 spiro atoms. The van der Waals surface area contributed by atoms with Crippen LogP contribution in [0, 0.1) is 5.82 Å². The van der Waals surface area contributed by atoms with Gasteiger partial charge in [0, 0.05) is 31.6 Å². The number of methoxy groups -OCH3 is 2. The predicted molar refractivity (Wildman–Crippen MR) is 141 cm³/mol. The summed E-state index contributed by atoms with van der Waals surface area (Å²) in [7, 11) is 4.64. The maximum Gasteiger partial charge on any atom is 0.410 e. The first kappa shape index (κ1) is 27.0. The number of ether oxygens (including phenoxy) is 3. The van der Waals surface area contributed by atoms with E-state index >= 15 is 0 Å². The van der Waals surface area contributed by atoms with Gasteiger partial charge in [-0.2, -0.15) is 0 Å². The highest BCUT2D eigenvalue weighted by Crippen LogP contribution is 2.42. The number of likely N-dealkylation sites (N-methyl/N-ethyl adjacent to an activating group) is 1. The van der Waals surface area contributed by atoms with E-state index in [-0.39, 0.29) is 30.4 Å². The lowest BCUT2D eigenvalue weighted by Crippen LogP contribution is -2.46. The van der Waals surface area contributed by atoms with Gasteiger partial charge in [0.25, 0.3) is 0 Å². The minimum Gasteiger partial charge on any atom is -0.497 e. The van der Waals surface area contributed by atoms with E-state index in [1.165, 1.54) is 19.2 Å². The quantitative estimate of drug-likeness (QED) is 0.365. The molecule has 8 heteroatoms. The van der Waals surface area contributed by atoms with E-state index in [1.807, 2.05) is 54.6 Å². The molecule has 7 nitrogen and oxygen atoms in total. The molecule has 3 unspecified atom stereocenters. The number of carbonyl (C=O) groups is 2. The van der Waals surface area contributed by atoms with Gasteiger partial charge in [-0.1, -0.05) is 54.6 Å². The Balaban J connectivity index is 1.67. The van der Waals surface area contributed by atoms with Crippen molar-refractivity contribution in [3.8, 4) is 5.75 Å². The van der Waals surface area contributed by atoms with Crippen molar-refractivity contribution in [3.63, 3.8) is 0 Å². The largest absolute Gasteiger partial charge is 0.497 e. The van der Waals surface area contributed by atoms with Crippen molar-refractivity contribution in [2.75, 3.05) is 21.3 Å². The van der Waals surface area contributed by atoms with Gasteiger partial charge in [-0.05, 0) is 53.8 Å². The number of carbonyl (C=O) groups excluding carboxylic acids is 2. The first-order valence-electron chi connectivity index (χ1n) is 12.6. The summed E-state index contributed by atoms with van der Waals surface area (Å²) in [6.45, 7) is 0.437. The van der Waals surface area contributed by atoms with Crippen LogP contribution in [0.4, 0.5) is 14.0 Å². The van der Waals surface area contributed by atoms with Crippen LogP contribution in [0.1, 0.15) is 35.4 Å². The fourth-order valence-electron chi connectivity index (χ4n) is 5.20. The van der Waals surface area contributed by atoms with Crippen LogP contribution >= 0.6 is 0 Å². The number of amides is 2. The normalized spacial score (nSPS) is 18.5. The van der Waals surface area contributed by atoms with E-state index in [2.05, 4.69) is 0 Å². The number of hydrogen-bond acceptors (Lipinski definition) is 5. The van der Waals surface area contributed by atoms with Gasteiger partial charge in [-0.3, -0.25) is 0 Å². The molecule has 0 N–H and O–H groups in total. The highest BCUT2D eigenvalue weighted by atomic mass is 19.1. The highest BCUT2D eigenvalue weighted by Gasteiger charge is 2.45. The lowest BCUT2D eigenvalue weighted by Gasteiger charge is -2.36. The van der Waals surface area contributed by atoms with E-state index in [1.54, 1.807) is 36.1 Å². The Labute approximate surface area is 222 Å². The van der Waals surface area contributed by atoms with Crippen LogP contribution in [0.2, 0.25) is 0 Å². The molecule has 3 atom stereocenters. The molecule has 0 aliphatic heterocycles. The van der Waals surface area contributed by atoms with Gasteiger partial charge in [0.2, 0.25) is 0 Å². The van der Waals surface area contributed by atoms with Crippen molar-refractivity contribution in [2.45, 2.75) is 44.0 Å². The molecule has 3 aromatic carbocycles. The second-order valence-electron chi connectivity index (χ2n) is 9.39. The zero-order valence-electron chi connectivity index (χ0n) is 21.9. The second-order valence-corrected chi connectivity index (χ2v) is 9.39. The molecular formula is C30H33FN2O5. The maximum atomic E-state index is 13.8. The summed E-state index contributed by atoms with van der Waals surface area (Å²) < 4.78 is 29.9. The van der Waals surface area contributed by atoms with E-state index in [0.717, 1.165) is 22.4 Å². The van der Waals surface area contributed by atoms with Crippen molar-refractivity contribution in [3.05, 3.63) is 101 Å². The van der Waals surface area contributed by atoms with Crippen LogP contribution < -0.4 is 4.74 Å². The standard InChI is InChI=1S/C30H33FN2O5/c1-32(29(34)37-3)26-17-18-27(28(26)23-11-13-24(31)14-12-23)33(19-21-9-15-25(36-2)16-10-21)30(35)38-20-22-7-5-4-6-8-22/h4-16,26-28H,17-20H2,1-3H3. The van der Waals surface area contributed by atoms with Gasteiger partial charge in [0.15, 0.2) is 0 Å². The molecule has 2 amide bonds. The molecule has 4 rings (SSSR count). The second kappa shape index (κ2) is 12.4. The minimum absolute atomic E-state index is 0.137. The van der Waals surface area contributed by atoms with E-state index in [4.69, 9.17) is 14.2 Å². The molecule has 0 saturated heterocycles.